The summed E-state index contributed by atoms with van der Waals surface area (Å²) in [6.45, 7) is 5.91. The normalized spacial score (nSPS) is 15.5. The minimum Gasteiger partial charge on any atom is -0.490 e. The number of carbonyl (C=O) groups excluding carboxylic acids is 1. The van der Waals surface area contributed by atoms with Crippen LogP contribution in [-0.4, -0.2) is 18.1 Å². The number of ether oxygens (including phenoxy) is 1. The SMILES string of the molecule is Cc1ccc(NC(=O)C(C)Nc2ccc(OC3CCCC3)cc2)c(C)c1. The van der Waals surface area contributed by atoms with Gasteiger partial charge in [-0.2, -0.15) is 0 Å². The monoisotopic (exact) mass is 352 g/mol. The Morgan fingerprint density at radius 3 is 2.42 bits per heavy atom. The highest BCUT2D eigenvalue weighted by Crippen LogP contribution is 2.25. The predicted octanol–water partition coefficient (Wildman–Crippen LogP) is 5.06. The van der Waals surface area contributed by atoms with E-state index in [1.807, 2.05) is 57.2 Å². The van der Waals surface area contributed by atoms with E-state index in [0.29, 0.717) is 6.10 Å². The van der Waals surface area contributed by atoms with E-state index < -0.39 is 0 Å². The Bertz CT molecular complexity index is 749. The highest BCUT2D eigenvalue weighted by molar-refractivity contribution is 5.96. The summed E-state index contributed by atoms with van der Waals surface area (Å²) in [4.78, 5) is 12.5. The first kappa shape index (κ1) is 18.3. The number of hydrogen-bond acceptors (Lipinski definition) is 3. The van der Waals surface area contributed by atoms with Crippen LogP contribution in [0.15, 0.2) is 42.5 Å². The molecule has 0 heterocycles. The van der Waals surface area contributed by atoms with Crippen molar-refractivity contribution >= 4 is 17.3 Å². The van der Waals surface area contributed by atoms with Gasteiger partial charge in [0.05, 0.1) is 6.10 Å². The number of amides is 1. The van der Waals surface area contributed by atoms with Crippen LogP contribution in [0.3, 0.4) is 0 Å². The lowest BCUT2D eigenvalue weighted by atomic mass is 10.1. The molecule has 138 valence electrons. The number of carbonyl (C=O) groups is 1. The molecule has 1 aliphatic rings. The van der Waals surface area contributed by atoms with Crippen molar-refractivity contribution in [2.75, 3.05) is 10.6 Å². The standard InChI is InChI=1S/C22H28N2O2/c1-15-8-13-21(16(2)14-15)24-22(25)17(3)23-18-9-11-20(12-10-18)26-19-6-4-5-7-19/h8-14,17,19,23H,4-7H2,1-3H3,(H,24,25). The smallest absolute Gasteiger partial charge is 0.246 e. The van der Waals surface area contributed by atoms with Crippen molar-refractivity contribution in [1.29, 1.82) is 0 Å². The van der Waals surface area contributed by atoms with Crippen molar-refractivity contribution in [3.63, 3.8) is 0 Å². The van der Waals surface area contributed by atoms with E-state index in [9.17, 15) is 4.79 Å². The van der Waals surface area contributed by atoms with E-state index in [0.717, 1.165) is 35.5 Å². The molecule has 3 rings (SSSR count). The zero-order valence-corrected chi connectivity index (χ0v) is 15.8. The van der Waals surface area contributed by atoms with Gasteiger partial charge in [0.2, 0.25) is 5.91 Å². The van der Waals surface area contributed by atoms with Gasteiger partial charge >= 0.3 is 0 Å². The second kappa shape index (κ2) is 8.26. The molecule has 2 aromatic carbocycles. The van der Waals surface area contributed by atoms with Gasteiger partial charge in [-0.25, -0.2) is 0 Å². The van der Waals surface area contributed by atoms with Gasteiger partial charge in [0.15, 0.2) is 0 Å². The van der Waals surface area contributed by atoms with Crippen molar-refractivity contribution in [2.24, 2.45) is 0 Å². The first-order chi connectivity index (χ1) is 12.5. The third kappa shape index (κ3) is 4.78. The lowest BCUT2D eigenvalue weighted by molar-refractivity contribution is -0.116. The molecule has 4 heteroatoms. The van der Waals surface area contributed by atoms with Gasteiger partial charge in [0.25, 0.3) is 0 Å². The van der Waals surface area contributed by atoms with Gasteiger partial charge in [0.1, 0.15) is 11.8 Å². The molecule has 0 aliphatic heterocycles. The van der Waals surface area contributed by atoms with Crippen LogP contribution in [0.5, 0.6) is 5.75 Å². The van der Waals surface area contributed by atoms with Crippen LogP contribution in [0.2, 0.25) is 0 Å². The maximum atomic E-state index is 12.5. The summed E-state index contributed by atoms with van der Waals surface area (Å²) in [5, 5.41) is 6.24. The summed E-state index contributed by atoms with van der Waals surface area (Å²) in [5.74, 6) is 0.845. The fourth-order valence-electron chi connectivity index (χ4n) is 3.34. The number of anilines is 2. The van der Waals surface area contributed by atoms with Gasteiger partial charge in [-0.05, 0) is 82.3 Å². The maximum absolute atomic E-state index is 12.5. The summed E-state index contributed by atoms with van der Waals surface area (Å²) in [7, 11) is 0. The minimum absolute atomic E-state index is 0.0526. The lowest BCUT2D eigenvalue weighted by Crippen LogP contribution is -2.32. The van der Waals surface area contributed by atoms with Crippen LogP contribution < -0.4 is 15.4 Å². The number of rotatable bonds is 6. The predicted molar refractivity (Wildman–Crippen MR) is 107 cm³/mol. The van der Waals surface area contributed by atoms with Gasteiger partial charge in [-0.1, -0.05) is 17.7 Å². The molecule has 0 radical (unpaired) electrons. The van der Waals surface area contributed by atoms with E-state index in [4.69, 9.17) is 4.74 Å². The molecule has 0 aromatic heterocycles. The maximum Gasteiger partial charge on any atom is 0.246 e. The Morgan fingerprint density at radius 1 is 1.08 bits per heavy atom. The van der Waals surface area contributed by atoms with Crippen molar-refractivity contribution in [1.82, 2.24) is 0 Å². The Kier molecular flexibility index (Phi) is 5.82. The Labute approximate surface area is 156 Å². The number of nitrogens with one attached hydrogen (secondary N) is 2. The Hall–Kier alpha value is -2.49. The van der Waals surface area contributed by atoms with E-state index in [1.54, 1.807) is 0 Å². The molecule has 0 bridgehead atoms. The molecular formula is C22H28N2O2. The molecule has 26 heavy (non-hydrogen) atoms. The average Bonchev–Trinajstić information content (AvgIpc) is 3.12. The Balaban J connectivity index is 1.54. The molecule has 4 nitrogen and oxygen atoms in total. The van der Waals surface area contributed by atoms with Crippen LogP contribution in [0, 0.1) is 13.8 Å². The van der Waals surface area contributed by atoms with E-state index in [1.165, 1.54) is 18.4 Å². The Morgan fingerprint density at radius 2 is 1.77 bits per heavy atom. The summed E-state index contributed by atoms with van der Waals surface area (Å²) in [6.07, 6.45) is 5.18. The van der Waals surface area contributed by atoms with Crippen LogP contribution in [0.4, 0.5) is 11.4 Å². The summed E-state index contributed by atoms with van der Waals surface area (Å²) in [6, 6.07) is 13.5. The molecule has 1 fully saturated rings. The van der Waals surface area contributed by atoms with Crippen LogP contribution in [-0.2, 0) is 4.79 Å². The number of aryl methyl sites for hydroxylation is 2. The number of hydrogen-bond donors (Lipinski definition) is 2. The van der Waals surface area contributed by atoms with E-state index >= 15 is 0 Å². The average molecular weight is 352 g/mol. The largest absolute Gasteiger partial charge is 0.490 e. The van der Waals surface area contributed by atoms with Crippen molar-refractivity contribution in [3.05, 3.63) is 53.6 Å². The second-order valence-electron chi connectivity index (χ2n) is 7.22. The lowest BCUT2D eigenvalue weighted by Gasteiger charge is -2.17. The van der Waals surface area contributed by atoms with Crippen molar-refractivity contribution < 1.29 is 9.53 Å². The highest BCUT2D eigenvalue weighted by Gasteiger charge is 2.17. The molecule has 2 N–H and O–H groups in total. The van der Waals surface area contributed by atoms with Crippen molar-refractivity contribution in [2.45, 2.75) is 58.6 Å². The van der Waals surface area contributed by atoms with Gasteiger partial charge in [-0.15, -0.1) is 0 Å². The quantitative estimate of drug-likeness (QED) is 0.763. The molecule has 1 unspecified atom stereocenters. The summed E-state index contributed by atoms with van der Waals surface area (Å²) < 4.78 is 5.98. The van der Waals surface area contributed by atoms with Crippen LogP contribution in [0.25, 0.3) is 0 Å². The third-order valence-corrected chi connectivity index (χ3v) is 4.88. The van der Waals surface area contributed by atoms with Gasteiger partial charge in [-0.3, -0.25) is 4.79 Å². The van der Waals surface area contributed by atoms with E-state index in [-0.39, 0.29) is 11.9 Å². The molecule has 0 spiro atoms. The minimum atomic E-state index is -0.336. The zero-order valence-electron chi connectivity index (χ0n) is 15.8. The fraction of sp³-hybridized carbons (Fsp3) is 0.409. The molecule has 0 saturated heterocycles. The molecule has 1 amide bonds. The highest BCUT2D eigenvalue weighted by atomic mass is 16.5. The first-order valence-corrected chi connectivity index (χ1v) is 9.42. The van der Waals surface area contributed by atoms with Crippen molar-refractivity contribution in [3.8, 4) is 5.75 Å². The summed E-state index contributed by atoms with van der Waals surface area (Å²) >= 11 is 0. The summed E-state index contributed by atoms with van der Waals surface area (Å²) in [5.41, 5.74) is 4.02. The molecule has 1 saturated carbocycles. The molecular weight excluding hydrogens is 324 g/mol. The second-order valence-corrected chi connectivity index (χ2v) is 7.22. The molecule has 1 aliphatic carbocycles. The van der Waals surface area contributed by atoms with Crippen LogP contribution >= 0.6 is 0 Å². The van der Waals surface area contributed by atoms with Gasteiger partial charge in [0, 0.05) is 11.4 Å². The molecule has 1 atom stereocenters. The van der Waals surface area contributed by atoms with Crippen LogP contribution in [0.1, 0.15) is 43.7 Å². The zero-order chi connectivity index (χ0) is 18.5. The first-order valence-electron chi connectivity index (χ1n) is 9.42. The third-order valence-electron chi connectivity index (χ3n) is 4.88. The van der Waals surface area contributed by atoms with Gasteiger partial charge < -0.3 is 15.4 Å². The molecule has 2 aromatic rings. The fourth-order valence-corrected chi connectivity index (χ4v) is 3.34. The topological polar surface area (TPSA) is 50.4 Å². The number of benzene rings is 2. The van der Waals surface area contributed by atoms with E-state index in [2.05, 4.69) is 16.7 Å².